The maximum atomic E-state index is 12.4. The third-order valence-corrected chi connectivity index (χ3v) is 4.98. The summed E-state index contributed by atoms with van der Waals surface area (Å²) in [6.45, 7) is 5.73. The summed E-state index contributed by atoms with van der Waals surface area (Å²) >= 11 is 0. The lowest BCUT2D eigenvalue weighted by Crippen LogP contribution is -2.33. The van der Waals surface area contributed by atoms with Crippen molar-refractivity contribution in [2.24, 2.45) is 5.92 Å². The van der Waals surface area contributed by atoms with Crippen LogP contribution in [0.4, 0.5) is 5.69 Å². The third-order valence-electron chi connectivity index (χ3n) is 4.98. The number of nitrogens with one attached hydrogen (secondary N) is 1. The van der Waals surface area contributed by atoms with Crippen molar-refractivity contribution in [2.45, 2.75) is 32.7 Å². The number of anilines is 1. The van der Waals surface area contributed by atoms with Crippen LogP contribution < -0.4 is 5.32 Å². The zero-order valence-electron chi connectivity index (χ0n) is 15.4. The standard InChI is InChI=1S/C22H28N2O2/c1-17-3-2-13-24(15-17)16-19-4-8-20(9-5-19)22(26)23-21-10-6-18(7-11-21)12-14-25/h4-11,17,25H,2-3,12-16H2,1H3,(H,23,26)/t17-/m0/s1. The Hall–Kier alpha value is -2.17. The molecule has 0 aromatic heterocycles. The lowest BCUT2D eigenvalue weighted by atomic mass is 9.99. The van der Waals surface area contributed by atoms with Crippen molar-refractivity contribution in [3.8, 4) is 0 Å². The lowest BCUT2D eigenvalue weighted by molar-refractivity contribution is 0.102. The Morgan fingerprint density at radius 1 is 1.12 bits per heavy atom. The van der Waals surface area contributed by atoms with Crippen LogP contribution in [0.2, 0.25) is 0 Å². The second kappa shape index (κ2) is 8.97. The highest BCUT2D eigenvalue weighted by Gasteiger charge is 2.16. The number of hydrogen-bond acceptors (Lipinski definition) is 3. The van der Waals surface area contributed by atoms with E-state index in [1.54, 1.807) is 0 Å². The van der Waals surface area contributed by atoms with Gasteiger partial charge in [-0.25, -0.2) is 0 Å². The Morgan fingerprint density at radius 3 is 2.46 bits per heavy atom. The largest absolute Gasteiger partial charge is 0.396 e. The van der Waals surface area contributed by atoms with Crippen molar-refractivity contribution in [1.82, 2.24) is 4.90 Å². The summed E-state index contributed by atoms with van der Waals surface area (Å²) in [5, 5.41) is 11.9. The normalized spacial score (nSPS) is 17.8. The molecule has 0 spiro atoms. The summed E-state index contributed by atoms with van der Waals surface area (Å²) in [4.78, 5) is 14.9. The molecule has 2 N–H and O–H groups in total. The Morgan fingerprint density at radius 2 is 1.81 bits per heavy atom. The minimum atomic E-state index is -0.0990. The second-order valence-corrected chi connectivity index (χ2v) is 7.30. The molecule has 1 aliphatic rings. The average Bonchev–Trinajstić information content (AvgIpc) is 2.64. The Kier molecular flexibility index (Phi) is 6.42. The summed E-state index contributed by atoms with van der Waals surface area (Å²) in [5.74, 6) is 0.677. The van der Waals surface area contributed by atoms with Crippen LogP contribution >= 0.6 is 0 Å². The van der Waals surface area contributed by atoms with E-state index in [1.807, 2.05) is 36.4 Å². The van der Waals surface area contributed by atoms with Crippen LogP contribution in [0.5, 0.6) is 0 Å². The maximum Gasteiger partial charge on any atom is 0.255 e. The van der Waals surface area contributed by atoms with Gasteiger partial charge in [-0.05, 0) is 67.1 Å². The molecule has 3 rings (SSSR count). The summed E-state index contributed by atoms with van der Waals surface area (Å²) < 4.78 is 0. The number of rotatable bonds is 6. The second-order valence-electron chi connectivity index (χ2n) is 7.30. The maximum absolute atomic E-state index is 12.4. The van der Waals surface area contributed by atoms with Crippen molar-refractivity contribution in [3.05, 3.63) is 65.2 Å². The fourth-order valence-electron chi connectivity index (χ4n) is 3.54. The number of piperidine rings is 1. The fraction of sp³-hybridized carbons (Fsp3) is 0.409. The quantitative estimate of drug-likeness (QED) is 0.833. The van der Waals surface area contributed by atoms with E-state index in [0.29, 0.717) is 12.0 Å². The number of nitrogens with zero attached hydrogens (tertiary/aromatic N) is 1. The van der Waals surface area contributed by atoms with E-state index in [4.69, 9.17) is 5.11 Å². The summed E-state index contributed by atoms with van der Waals surface area (Å²) in [7, 11) is 0. The molecule has 1 saturated heterocycles. The van der Waals surface area contributed by atoms with Crippen LogP contribution in [-0.2, 0) is 13.0 Å². The molecule has 1 aliphatic heterocycles. The van der Waals surface area contributed by atoms with Gasteiger partial charge in [0, 0.05) is 30.9 Å². The van der Waals surface area contributed by atoms with Crippen molar-refractivity contribution in [1.29, 1.82) is 0 Å². The van der Waals surface area contributed by atoms with E-state index >= 15 is 0 Å². The van der Waals surface area contributed by atoms with Gasteiger partial charge in [0.05, 0.1) is 0 Å². The Balaban J connectivity index is 1.56. The number of carbonyl (C=O) groups is 1. The highest BCUT2D eigenvalue weighted by Crippen LogP contribution is 2.18. The topological polar surface area (TPSA) is 52.6 Å². The van der Waals surface area contributed by atoms with Crippen molar-refractivity contribution in [2.75, 3.05) is 25.0 Å². The molecule has 138 valence electrons. The monoisotopic (exact) mass is 352 g/mol. The molecule has 0 unspecified atom stereocenters. The van der Waals surface area contributed by atoms with Crippen LogP contribution in [0.25, 0.3) is 0 Å². The van der Waals surface area contributed by atoms with Gasteiger partial charge in [-0.15, -0.1) is 0 Å². The number of aliphatic hydroxyl groups excluding tert-OH is 1. The van der Waals surface area contributed by atoms with Gasteiger partial charge in [-0.2, -0.15) is 0 Å². The van der Waals surface area contributed by atoms with Gasteiger partial charge in [-0.3, -0.25) is 9.69 Å². The van der Waals surface area contributed by atoms with E-state index in [-0.39, 0.29) is 12.5 Å². The van der Waals surface area contributed by atoms with Gasteiger partial charge in [0.25, 0.3) is 5.91 Å². The first-order valence-electron chi connectivity index (χ1n) is 9.46. The van der Waals surface area contributed by atoms with E-state index in [0.717, 1.165) is 30.3 Å². The van der Waals surface area contributed by atoms with Gasteiger partial charge in [0.2, 0.25) is 0 Å². The minimum Gasteiger partial charge on any atom is -0.396 e. The number of amides is 1. The predicted molar refractivity (Wildman–Crippen MR) is 105 cm³/mol. The molecule has 1 fully saturated rings. The minimum absolute atomic E-state index is 0.0990. The molecule has 1 heterocycles. The molecule has 0 saturated carbocycles. The van der Waals surface area contributed by atoms with Gasteiger partial charge < -0.3 is 10.4 Å². The molecule has 4 nitrogen and oxygen atoms in total. The van der Waals surface area contributed by atoms with Crippen LogP contribution in [0, 0.1) is 5.92 Å². The van der Waals surface area contributed by atoms with Crippen LogP contribution in [0.3, 0.4) is 0 Å². The fourth-order valence-corrected chi connectivity index (χ4v) is 3.54. The van der Waals surface area contributed by atoms with E-state index in [2.05, 4.69) is 29.3 Å². The van der Waals surface area contributed by atoms with E-state index in [1.165, 1.54) is 24.9 Å². The van der Waals surface area contributed by atoms with E-state index in [9.17, 15) is 4.79 Å². The van der Waals surface area contributed by atoms with Gasteiger partial charge in [0.15, 0.2) is 0 Å². The third kappa shape index (κ3) is 5.16. The number of benzene rings is 2. The Bertz CT molecular complexity index is 710. The predicted octanol–water partition coefficient (Wildman–Crippen LogP) is 3.71. The lowest BCUT2D eigenvalue weighted by Gasteiger charge is -2.30. The van der Waals surface area contributed by atoms with Crippen molar-refractivity contribution in [3.63, 3.8) is 0 Å². The van der Waals surface area contributed by atoms with Crippen molar-refractivity contribution < 1.29 is 9.90 Å². The highest BCUT2D eigenvalue weighted by atomic mass is 16.3. The first-order chi connectivity index (χ1) is 12.6. The Labute approximate surface area is 155 Å². The average molecular weight is 352 g/mol. The zero-order chi connectivity index (χ0) is 18.4. The molecule has 1 atom stereocenters. The highest BCUT2D eigenvalue weighted by molar-refractivity contribution is 6.04. The molecule has 0 aliphatic carbocycles. The van der Waals surface area contributed by atoms with E-state index < -0.39 is 0 Å². The number of carbonyl (C=O) groups excluding carboxylic acids is 1. The molecule has 26 heavy (non-hydrogen) atoms. The first-order valence-corrected chi connectivity index (χ1v) is 9.46. The summed E-state index contributed by atoms with van der Waals surface area (Å²) in [6.07, 6.45) is 3.24. The molecule has 2 aromatic carbocycles. The van der Waals surface area contributed by atoms with Crippen LogP contribution in [0.15, 0.2) is 48.5 Å². The molecule has 0 bridgehead atoms. The van der Waals surface area contributed by atoms with Crippen LogP contribution in [0.1, 0.15) is 41.3 Å². The van der Waals surface area contributed by atoms with Crippen LogP contribution in [-0.4, -0.2) is 35.6 Å². The molecule has 1 amide bonds. The number of aliphatic hydroxyl groups is 1. The first kappa shape index (κ1) is 18.6. The van der Waals surface area contributed by atoms with Gasteiger partial charge >= 0.3 is 0 Å². The molecular formula is C22H28N2O2. The van der Waals surface area contributed by atoms with Gasteiger partial charge in [-0.1, -0.05) is 31.2 Å². The molecule has 0 radical (unpaired) electrons. The van der Waals surface area contributed by atoms with Gasteiger partial charge in [0.1, 0.15) is 0 Å². The van der Waals surface area contributed by atoms with Crippen molar-refractivity contribution >= 4 is 11.6 Å². The smallest absolute Gasteiger partial charge is 0.255 e. The zero-order valence-corrected chi connectivity index (χ0v) is 15.4. The summed E-state index contributed by atoms with van der Waals surface area (Å²) in [6, 6.07) is 15.5. The molecule has 4 heteroatoms. The number of hydrogen-bond donors (Lipinski definition) is 2. The SMILES string of the molecule is C[C@H]1CCCN(Cc2ccc(C(=O)Nc3ccc(CCO)cc3)cc2)C1. The molecule has 2 aromatic rings. The summed E-state index contributed by atoms with van der Waals surface area (Å²) in [5.41, 5.74) is 3.74. The number of likely N-dealkylation sites (tertiary alicyclic amines) is 1. The molecular weight excluding hydrogens is 324 g/mol.